The van der Waals surface area contributed by atoms with E-state index in [-0.39, 0.29) is 4.21 Å². The van der Waals surface area contributed by atoms with Crippen molar-refractivity contribution in [1.29, 1.82) is 0 Å². The minimum Gasteiger partial charge on any atom is -0.444 e. The van der Waals surface area contributed by atoms with E-state index in [9.17, 15) is 9.00 Å². The maximum absolute atomic E-state index is 11.4. The Hall–Kier alpha value is -0.920. The topological polar surface area (TPSA) is 75.6 Å². The first-order chi connectivity index (χ1) is 7.29. The Bertz CT molecular complexity index is 408. The summed E-state index contributed by atoms with van der Waals surface area (Å²) in [6.45, 7) is 5.22. The van der Waals surface area contributed by atoms with Crippen molar-refractivity contribution in [2.75, 3.05) is 5.32 Å². The summed E-state index contributed by atoms with van der Waals surface area (Å²) >= 11 is -1.00. The second kappa shape index (κ2) is 4.94. The minimum atomic E-state index is -2.10. The summed E-state index contributed by atoms with van der Waals surface area (Å²) < 4.78 is 25.0. The number of hydrogen-bond donors (Lipinski definition) is 2. The highest BCUT2D eigenvalue weighted by Gasteiger charge is 2.18. The first kappa shape index (κ1) is 13.1. The van der Waals surface area contributed by atoms with Crippen LogP contribution in [0.4, 0.5) is 10.5 Å². The highest BCUT2D eigenvalue weighted by Crippen LogP contribution is 2.25. The predicted molar refractivity (Wildman–Crippen MR) is 63.2 cm³/mol. The molecule has 1 amide bonds. The van der Waals surface area contributed by atoms with Gasteiger partial charge in [-0.25, -0.2) is 9.00 Å². The first-order valence-electron chi connectivity index (χ1n) is 4.48. The van der Waals surface area contributed by atoms with Crippen LogP contribution in [0.2, 0.25) is 0 Å². The lowest BCUT2D eigenvalue weighted by atomic mass is 10.2. The molecule has 0 aliphatic heterocycles. The SMILES string of the molecule is CC(C)(C)OC(=O)Nc1ccsc1S(=O)O. The summed E-state index contributed by atoms with van der Waals surface area (Å²) in [5, 5.41) is 4.05. The van der Waals surface area contributed by atoms with Gasteiger partial charge in [-0.3, -0.25) is 5.32 Å². The van der Waals surface area contributed by atoms with Crippen molar-refractivity contribution < 1.29 is 18.3 Å². The number of hydrogen-bond acceptors (Lipinski definition) is 4. The smallest absolute Gasteiger partial charge is 0.412 e. The first-order valence-corrected chi connectivity index (χ1v) is 6.46. The summed E-state index contributed by atoms with van der Waals surface area (Å²) in [4.78, 5) is 11.4. The molecule has 1 heterocycles. The fourth-order valence-corrected chi connectivity index (χ4v) is 2.31. The Morgan fingerprint density at radius 2 is 2.19 bits per heavy atom. The van der Waals surface area contributed by atoms with Crippen molar-refractivity contribution in [3.05, 3.63) is 11.4 Å². The molecule has 5 nitrogen and oxygen atoms in total. The number of ether oxygens (including phenoxy) is 1. The minimum absolute atomic E-state index is 0.200. The number of carbonyl (C=O) groups is 1. The third-order valence-electron chi connectivity index (χ3n) is 1.42. The van der Waals surface area contributed by atoms with E-state index >= 15 is 0 Å². The van der Waals surface area contributed by atoms with Gasteiger partial charge in [0.1, 0.15) is 9.81 Å². The molecule has 1 atom stereocenters. The molecule has 1 aromatic heterocycles. The molecular weight excluding hydrogens is 250 g/mol. The van der Waals surface area contributed by atoms with Crippen LogP contribution in [0, 0.1) is 0 Å². The highest BCUT2D eigenvalue weighted by molar-refractivity contribution is 7.82. The lowest BCUT2D eigenvalue weighted by molar-refractivity contribution is 0.0635. The number of carbonyl (C=O) groups excluding carboxylic acids is 1. The van der Waals surface area contributed by atoms with E-state index in [1.807, 2.05) is 0 Å². The molecule has 7 heteroatoms. The summed E-state index contributed by atoms with van der Waals surface area (Å²) in [5.41, 5.74) is -0.293. The van der Waals surface area contributed by atoms with Gasteiger partial charge in [-0.1, -0.05) is 0 Å². The Morgan fingerprint density at radius 1 is 1.56 bits per heavy atom. The average molecular weight is 263 g/mol. The van der Waals surface area contributed by atoms with E-state index in [2.05, 4.69) is 5.32 Å². The third-order valence-corrected chi connectivity index (χ3v) is 3.38. The van der Waals surface area contributed by atoms with E-state index < -0.39 is 22.8 Å². The fraction of sp³-hybridized carbons (Fsp3) is 0.444. The maximum atomic E-state index is 11.4. The van der Waals surface area contributed by atoms with Gasteiger partial charge < -0.3 is 9.29 Å². The molecule has 1 rings (SSSR count). The van der Waals surface area contributed by atoms with Gasteiger partial charge in [0.25, 0.3) is 0 Å². The van der Waals surface area contributed by atoms with Crippen LogP contribution in [0.1, 0.15) is 20.8 Å². The number of thiophene rings is 1. The van der Waals surface area contributed by atoms with Gasteiger partial charge in [-0.2, -0.15) is 0 Å². The van der Waals surface area contributed by atoms with Crippen molar-refractivity contribution in [3.8, 4) is 0 Å². The number of anilines is 1. The molecule has 0 spiro atoms. The Balaban J connectivity index is 2.70. The van der Waals surface area contributed by atoms with Crippen LogP contribution < -0.4 is 5.32 Å². The largest absolute Gasteiger partial charge is 0.444 e. The molecule has 0 radical (unpaired) electrons. The van der Waals surface area contributed by atoms with Crippen LogP contribution in [0.25, 0.3) is 0 Å². The summed E-state index contributed by atoms with van der Waals surface area (Å²) in [5.74, 6) is 0. The Labute approximate surface area is 100 Å². The second-order valence-electron chi connectivity index (χ2n) is 4.00. The van der Waals surface area contributed by atoms with Crippen LogP contribution in [-0.4, -0.2) is 20.5 Å². The number of nitrogens with one attached hydrogen (secondary N) is 1. The van der Waals surface area contributed by atoms with Crippen molar-refractivity contribution in [2.24, 2.45) is 0 Å². The standard InChI is InChI=1S/C9H13NO4S2/c1-9(2,3)14-8(11)10-6-4-5-15-7(6)16(12)13/h4-5H,1-3H3,(H,10,11)(H,12,13). The molecule has 90 valence electrons. The molecule has 2 N–H and O–H groups in total. The molecular formula is C9H13NO4S2. The van der Waals surface area contributed by atoms with Crippen LogP contribution in [-0.2, 0) is 15.8 Å². The maximum Gasteiger partial charge on any atom is 0.412 e. The molecule has 0 aliphatic rings. The zero-order chi connectivity index (χ0) is 12.3. The molecule has 0 aromatic carbocycles. The quantitative estimate of drug-likeness (QED) is 0.804. The molecule has 0 fully saturated rings. The summed E-state index contributed by atoms with van der Waals surface area (Å²) in [6, 6.07) is 1.55. The van der Waals surface area contributed by atoms with E-state index in [1.165, 1.54) is 0 Å². The van der Waals surface area contributed by atoms with E-state index in [0.29, 0.717) is 5.69 Å². The lowest BCUT2D eigenvalue weighted by Crippen LogP contribution is -2.27. The molecule has 16 heavy (non-hydrogen) atoms. The summed E-state index contributed by atoms with van der Waals surface area (Å²) in [6.07, 6.45) is -0.641. The lowest BCUT2D eigenvalue weighted by Gasteiger charge is -2.19. The van der Waals surface area contributed by atoms with Crippen molar-refractivity contribution >= 4 is 34.2 Å². The van der Waals surface area contributed by atoms with Crippen molar-refractivity contribution in [1.82, 2.24) is 0 Å². The highest BCUT2D eigenvalue weighted by atomic mass is 32.2. The van der Waals surface area contributed by atoms with E-state index in [1.54, 1.807) is 32.2 Å². The van der Waals surface area contributed by atoms with Crippen molar-refractivity contribution in [3.63, 3.8) is 0 Å². The molecule has 0 aliphatic carbocycles. The van der Waals surface area contributed by atoms with Crippen LogP contribution >= 0.6 is 11.3 Å². The van der Waals surface area contributed by atoms with Gasteiger partial charge in [0.2, 0.25) is 0 Å². The normalized spacial score (nSPS) is 13.2. The number of rotatable bonds is 2. The molecule has 1 aromatic rings. The molecule has 0 saturated carbocycles. The molecule has 0 saturated heterocycles. The molecule has 1 unspecified atom stereocenters. The van der Waals surface area contributed by atoms with Gasteiger partial charge in [-0.15, -0.1) is 11.3 Å². The van der Waals surface area contributed by atoms with Crippen LogP contribution in [0.3, 0.4) is 0 Å². The fourth-order valence-electron chi connectivity index (χ4n) is 0.937. The number of amides is 1. The van der Waals surface area contributed by atoms with Gasteiger partial charge in [-0.05, 0) is 32.2 Å². The monoisotopic (exact) mass is 263 g/mol. The van der Waals surface area contributed by atoms with Crippen LogP contribution in [0.15, 0.2) is 15.7 Å². The summed E-state index contributed by atoms with van der Waals surface area (Å²) in [7, 11) is 0. The average Bonchev–Trinajstić information content (AvgIpc) is 2.47. The predicted octanol–water partition coefficient (Wildman–Crippen LogP) is 2.68. The van der Waals surface area contributed by atoms with Gasteiger partial charge in [0, 0.05) is 0 Å². The van der Waals surface area contributed by atoms with Gasteiger partial charge in [0.05, 0.1) is 5.69 Å². The van der Waals surface area contributed by atoms with Gasteiger partial charge in [0.15, 0.2) is 11.1 Å². The van der Waals surface area contributed by atoms with E-state index in [4.69, 9.17) is 9.29 Å². The second-order valence-corrected chi connectivity index (χ2v) is 6.08. The van der Waals surface area contributed by atoms with E-state index in [0.717, 1.165) is 11.3 Å². The Morgan fingerprint density at radius 3 is 2.69 bits per heavy atom. The zero-order valence-electron chi connectivity index (χ0n) is 9.14. The van der Waals surface area contributed by atoms with Crippen molar-refractivity contribution in [2.45, 2.75) is 30.6 Å². The zero-order valence-corrected chi connectivity index (χ0v) is 10.8. The third kappa shape index (κ3) is 3.92. The van der Waals surface area contributed by atoms with Gasteiger partial charge >= 0.3 is 6.09 Å². The Kier molecular flexibility index (Phi) is 4.06. The molecule has 0 bridgehead atoms. The van der Waals surface area contributed by atoms with Crippen LogP contribution in [0.5, 0.6) is 0 Å².